The number of rotatable bonds is 8. The molecule has 30 heavy (non-hydrogen) atoms. The number of para-hydroxylation sites is 2. The van der Waals surface area contributed by atoms with Crippen molar-refractivity contribution in [1.29, 1.82) is 0 Å². The number of aryl methyl sites for hydroxylation is 2. The zero-order chi connectivity index (χ0) is 20.9. The van der Waals surface area contributed by atoms with Gasteiger partial charge in [0, 0.05) is 13.1 Å². The summed E-state index contributed by atoms with van der Waals surface area (Å²) in [5.74, 6) is 3.72. The fraction of sp³-hybridized carbons (Fsp3) is 0.348. The van der Waals surface area contributed by atoms with Crippen molar-refractivity contribution < 1.29 is 23.5 Å². The van der Waals surface area contributed by atoms with Crippen LogP contribution < -0.4 is 24.3 Å². The average Bonchev–Trinajstić information content (AvgIpc) is 3.09. The molecule has 0 radical (unpaired) electrons. The summed E-state index contributed by atoms with van der Waals surface area (Å²) in [4.78, 5) is 0. The Labute approximate surface area is 175 Å². The molecule has 1 aliphatic heterocycles. The van der Waals surface area contributed by atoms with Gasteiger partial charge in [0.05, 0.1) is 18.4 Å². The molecule has 3 aromatic rings. The molecule has 0 unspecified atom stereocenters. The van der Waals surface area contributed by atoms with E-state index in [-0.39, 0.29) is 6.10 Å². The SMILES string of the molecule is COc1cc(CNC[C@@H]2COc3ccccc3O2)ccc1OCc1c(C)noc1C. The number of methoxy groups -OCH3 is 1. The molecule has 1 N–H and O–H groups in total. The van der Waals surface area contributed by atoms with Crippen molar-refractivity contribution in [3.8, 4) is 23.0 Å². The molecular formula is C23H26N2O5. The van der Waals surface area contributed by atoms with Gasteiger partial charge in [0.25, 0.3) is 0 Å². The molecule has 7 nitrogen and oxygen atoms in total. The van der Waals surface area contributed by atoms with Gasteiger partial charge in [0.15, 0.2) is 23.0 Å². The van der Waals surface area contributed by atoms with Crippen LogP contribution >= 0.6 is 0 Å². The molecule has 0 saturated heterocycles. The molecule has 0 fully saturated rings. The van der Waals surface area contributed by atoms with Crippen molar-refractivity contribution in [3.05, 3.63) is 65.0 Å². The largest absolute Gasteiger partial charge is 0.493 e. The quantitative estimate of drug-likeness (QED) is 0.605. The van der Waals surface area contributed by atoms with E-state index in [1.165, 1.54) is 0 Å². The second kappa shape index (κ2) is 9.09. The van der Waals surface area contributed by atoms with Crippen LogP contribution in [0.2, 0.25) is 0 Å². The lowest BCUT2D eigenvalue weighted by molar-refractivity contribution is 0.0902. The zero-order valence-corrected chi connectivity index (χ0v) is 17.4. The molecule has 0 saturated carbocycles. The minimum absolute atomic E-state index is 0.0283. The third kappa shape index (κ3) is 4.52. The molecule has 2 aromatic carbocycles. The lowest BCUT2D eigenvalue weighted by Gasteiger charge is -2.26. The Morgan fingerprint density at radius 3 is 2.70 bits per heavy atom. The summed E-state index contributed by atoms with van der Waals surface area (Å²) < 4.78 is 28.4. The van der Waals surface area contributed by atoms with Crippen molar-refractivity contribution in [1.82, 2.24) is 10.5 Å². The molecule has 0 amide bonds. The maximum atomic E-state index is 5.98. The van der Waals surface area contributed by atoms with E-state index in [2.05, 4.69) is 10.5 Å². The van der Waals surface area contributed by atoms with Gasteiger partial charge < -0.3 is 28.8 Å². The molecule has 1 aliphatic rings. The summed E-state index contributed by atoms with van der Waals surface area (Å²) in [5.41, 5.74) is 2.89. The highest BCUT2D eigenvalue weighted by Crippen LogP contribution is 2.31. The molecule has 1 aromatic heterocycles. The maximum Gasteiger partial charge on any atom is 0.161 e. The molecule has 158 valence electrons. The predicted molar refractivity (Wildman–Crippen MR) is 111 cm³/mol. The molecule has 1 atom stereocenters. The Kier molecular flexibility index (Phi) is 6.09. The molecule has 0 bridgehead atoms. The fourth-order valence-electron chi connectivity index (χ4n) is 3.34. The van der Waals surface area contributed by atoms with Crippen molar-refractivity contribution in [3.63, 3.8) is 0 Å². The van der Waals surface area contributed by atoms with Crippen molar-refractivity contribution in [2.75, 3.05) is 20.3 Å². The molecule has 0 spiro atoms. The second-order valence-electron chi connectivity index (χ2n) is 7.21. The van der Waals surface area contributed by atoms with E-state index in [1.54, 1.807) is 7.11 Å². The summed E-state index contributed by atoms with van der Waals surface area (Å²) in [7, 11) is 1.64. The number of aromatic nitrogens is 1. The van der Waals surface area contributed by atoms with E-state index in [4.69, 9.17) is 23.5 Å². The van der Waals surface area contributed by atoms with Crippen LogP contribution in [0, 0.1) is 13.8 Å². The Morgan fingerprint density at radius 1 is 1.10 bits per heavy atom. The van der Waals surface area contributed by atoms with Gasteiger partial charge in [-0.2, -0.15) is 0 Å². The first-order chi connectivity index (χ1) is 14.6. The zero-order valence-electron chi connectivity index (χ0n) is 17.4. The molecule has 4 rings (SSSR count). The Morgan fingerprint density at radius 2 is 1.93 bits per heavy atom. The highest BCUT2D eigenvalue weighted by molar-refractivity contribution is 5.43. The first-order valence-electron chi connectivity index (χ1n) is 9.94. The van der Waals surface area contributed by atoms with E-state index >= 15 is 0 Å². The van der Waals surface area contributed by atoms with Crippen molar-refractivity contribution in [2.45, 2.75) is 33.1 Å². The molecule has 2 heterocycles. The number of hydrogen-bond donors (Lipinski definition) is 1. The Bertz CT molecular complexity index is 982. The number of hydrogen-bond acceptors (Lipinski definition) is 7. The monoisotopic (exact) mass is 410 g/mol. The number of benzene rings is 2. The summed E-state index contributed by atoms with van der Waals surface area (Å²) in [6.45, 7) is 6.06. The highest BCUT2D eigenvalue weighted by Gasteiger charge is 2.20. The lowest BCUT2D eigenvalue weighted by atomic mass is 10.2. The van der Waals surface area contributed by atoms with E-state index in [0.717, 1.165) is 34.1 Å². The molecule has 0 aliphatic carbocycles. The fourth-order valence-corrected chi connectivity index (χ4v) is 3.34. The van der Waals surface area contributed by atoms with E-state index in [1.807, 2.05) is 56.3 Å². The summed E-state index contributed by atoms with van der Waals surface area (Å²) in [5, 5.41) is 7.38. The predicted octanol–water partition coefficient (Wildman–Crippen LogP) is 3.81. The van der Waals surface area contributed by atoms with Gasteiger partial charge in [0.1, 0.15) is 25.1 Å². The summed E-state index contributed by atoms with van der Waals surface area (Å²) in [6, 6.07) is 13.6. The first-order valence-corrected chi connectivity index (χ1v) is 9.94. The maximum absolute atomic E-state index is 5.98. The third-order valence-electron chi connectivity index (χ3n) is 5.05. The smallest absolute Gasteiger partial charge is 0.161 e. The molecular weight excluding hydrogens is 384 g/mol. The normalized spacial score (nSPS) is 15.1. The molecule has 7 heteroatoms. The van der Waals surface area contributed by atoms with Gasteiger partial charge in [0.2, 0.25) is 0 Å². The van der Waals surface area contributed by atoms with Crippen LogP contribution in [0.3, 0.4) is 0 Å². The van der Waals surface area contributed by atoms with Crippen LogP contribution in [0.25, 0.3) is 0 Å². The minimum Gasteiger partial charge on any atom is -0.493 e. The van der Waals surface area contributed by atoms with Crippen LogP contribution in [0.1, 0.15) is 22.6 Å². The van der Waals surface area contributed by atoms with E-state index < -0.39 is 0 Å². The van der Waals surface area contributed by atoms with Gasteiger partial charge in [-0.05, 0) is 43.7 Å². The second-order valence-corrected chi connectivity index (χ2v) is 7.21. The van der Waals surface area contributed by atoms with Gasteiger partial charge in [-0.15, -0.1) is 0 Å². The van der Waals surface area contributed by atoms with Gasteiger partial charge in [-0.3, -0.25) is 0 Å². The van der Waals surface area contributed by atoms with Gasteiger partial charge in [-0.25, -0.2) is 0 Å². The van der Waals surface area contributed by atoms with Crippen LogP contribution in [0.4, 0.5) is 0 Å². The lowest BCUT2D eigenvalue weighted by Crippen LogP contribution is -2.38. The van der Waals surface area contributed by atoms with Crippen molar-refractivity contribution in [2.24, 2.45) is 0 Å². The number of ether oxygens (including phenoxy) is 4. The van der Waals surface area contributed by atoms with Crippen LogP contribution in [0.15, 0.2) is 47.0 Å². The van der Waals surface area contributed by atoms with Crippen molar-refractivity contribution >= 4 is 0 Å². The van der Waals surface area contributed by atoms with E-state index in [9.17, 15) is 0 Å². The van der Waals surface area contributed by atoms with Crippen LogP contribution in [-0.2, 0) is 13.2 Å². The number of fused-ring (bicyclic) bond motifs is 1. The van der Waals surface area contributed by atoms with Gasteiger partial charge >= 0.3 is 0 Å². The number of nitrogens with zero attached hydrogens (tertiary/aromatic N) is 1. The average molecular weight is 410 g/mol. The minimum atomic E-state index is -0.0283. The summed E-state index contributed by atoms with van der Waals surface area (Å²) in [6.07, 6.45) is -0.0283. The van der Waals surface area contributed by atoms with Crippen LogP contribution in [-0.4, -0.2) is 31.5 Å². The van der Waals surface area contributed by atoms with Gasteiger partial charge in [-0.1, -0.05) is 23.4 Å². The topological polar surface area (TPSA) is 75.0 Å². The first kappa shape index (κ1) is 20.1. The third-order valence-corrected chi connectivity index (χ3v) is 5.05. The highest BCUT2D eigenvalue weighted by atomic mass is 16.6. The Hall–Kier alpha value is -3.19. The van der Waals surface area contributed by atoms with Crippen LogP contribution in [0.5, 0.6) is 23.0 Å². The van der Waals surface area contributed by atoms with E-state index in [0.29, 0.717) is 37.8 Å². The summed E-state index contributed by atoms with van der Waals surface area (Å²) >= 11 is 0. The number of nitrogens with one attached hydrogen (secondary N) is 1. The Balaban J connectivity index is 1.31. The standard InChI is InChI=1S/C23H26N2O5/c1-15-19(16(2)30-25-15)14-28-21-9-8-17(10-23(21)26-3)11-24-12-18-13-27-20-6-4-5-7-22(20)29-18/h4-10,18,24H,11-14H2,1-3H3/t18-/m1/s1.